The zero-order valence-electron chi connectivity index (χ0n) is 16.2. The highest BCUT2D eigenvalue weighted by Crippen LogP contribution is 2.11. The van der Waals surface area contributed by atoms with Gasteiger partial charge in [0, 0.05) is 11.5 Å². The molecular formula is C21H33NO5S. The molecule has 7 heteroatoms. The van der Waals surface area contributed by atoms with Crippen LogP contribution in [-0.4, -0.2) is 64.8 Å². The van der Waals surface area contributed by atoms with E-state index in [4.69, 9.17) is 25.2 Å². The Bertz CT molecular complexity index is 504. The van der Waals surface area contributed by atoms with Crippen molar-refractivity contribution in [2.45, 2.75) is 0 Å². The first-order chi connectivity index (χ1) is 13.6. The van der Waals surface area contributed by atoms with Gasteiger partial charge in [-0.1, -0.05) is 73.8 Å². The largest absolute Gasteiger partial charge is 0.396 e. The van der Waals surface area contributed by atoms with Crippen LogP contribution in [0.4, 0.5) is 0 Å². The van der Waals surface area contributed by atoms with Crippen LogP contribution in [0.1, 0.15) is 0 Å². The molecule has 0 saturated carbocycles. The number of carbonyl (C=O) groups excluding carboxylic acids is 1. The second-order valence-electron chi connectivity index (χ2n) is 4.46. The molecule has 2 rings (SSSR count). The first kappa shape index (κ1) is 30.6. The Morgan fingerprint density at radius 2 is 1.04 bits per heavy atom. The van der Waals surface area contributed by atoms with E-state index in [1.165, 1.54) is 10.8 Å². The third-order valence-electron chi connectivity index (χ3n) is 2.40. The summed E-state index contributed by atoms with van der Waals surface area (Å²) in [4.78, 5) is 8.58. The van der Waals surface area contributed by atoms with Crippen molar-refractivity contribution in [1.29, 1.82) is 0 Å². The van der Waals surface area contributed by atoms with E-state index in [1.807, 2.05) is 0 Å². The molecule has 0 saturated heterocycles. The molecule has 28 heavy (non-hydrogen) atoms. The van der Waals surface area contributed by atoms with Gasteiger partial charge in [0.15, 0.2) is 0 Å². The monoisotopic (exact) mass is 411 g/mol. The molecule has 0 unspecified atom stereocenters. The van der Waals surface area contributed by atoms with Gasteiger partial charge in [0.05, 0.1) is 26.4 Å². The zero-order chi connectivity index (χ0) is 21.9. The minimum Gasteiger partial charge on any atom is -0.396 e. The van der Waals surface area contributed by atoms with Crippen LogP contribution in [0.3, 0.4) is 0 Å². The summed E-state index contributed by atoms with van der Waals surface area (Å²) in [6, 6.07) is 16.7. The molecule has 1 amide bonds. The van der Waals surface area contributed by atoms with Gasteiger partial charge in [-0.3, -0.25) is 4.79 Å². The number of aliphatic hydroxyl groups excluding tert-OH is 4. The van der Waals surface area contributed by atoms with Crippen molar-refractivity contribution in [3.63, 3.8) is 0 Å². The van der Waals surface area contributed by atoms with Gasteiger partial charge in [-0.15, -0.1) is 0 Å². The van der Waals surface area contributed by atoms with Gasteiger partial charge in [-0.05, 0) is 10.8 Å². The molecule has 0 bridgehead atoms. The Labute approximate surface area is 172 Å². The topological polar surface area (TPSA) is 124 Å². The number of aliphatic hydroxyl groups is 4. The van der Waals surface area contributed by atoms with Crippen molar-refractivity contribution in [2.24, 2.45) is 5.73 Å². The smallest absolute Gasteiger partial charge is 0.204 e. The fourth-order valence-corrected chi connectivity index (χ4v) is 1.83. The Balaban J connectivity index is -0.000000307. The van der Waals surface area contributed by atoms with Crippen LogP contribution in [0.2, 0.25) is 0 Å². The molecule has 0 spiro atoms. The van der Waals surface area contributed by atoms with E-state index in [1.54, 1.807) is 23.9 Å². The van der Waals surface area contributed by atoms with E-state index in [-0.39, 0.29) is 32.8 Å². The predicted octanol–water partition coefficient (Wildman–Crippen LogP) is 1.97. The first-order valence-electron chi connectivity index (χ1n) is 8.47. The van der Waals surface area contributed by atoms with E-state index in [2.05, 4.69) is 67.4 Å². The number of hydrogen-bond acceptors (Lipinski definition) is 6. The third kappa shape index (κ3) is 26.1. The highest BCUT2D eigenvalue weighted by atomic mass is 32.2. The first-order valence-corrected chi connectivity index (χ1v) is 9.62. The summed E-state index contributed by atoms with van der Waals surface area (Å²) < 4.78 is 0. The summed E-state index contributed by atoms with van der Waals surface area (Å²) in [6.07, 6.45) is 3.53. The van der Waals surface area contributed by atoms with E-state index in [9.17, 15) is 0 Å². The second kappa shape index (κ2) is 29.6. The van der Waals surface area contributed by atoms with Crippen molar-refractivity contribution in [1.82, 2.24) is 0 Å². The number of fused-ring (bicyclic) bond motifs is 1. The standard InChI is InChI=1S/C10H8.C4H10O2S.C4H6.C2H6O2.CH3NO/c1-2-6-10-8-4-3-7-9(10)5-1;5-1-3-7-4-2-6;1-3-4-2;3-1-2-4;2-1-3/h1-8H;5-6H,1-4H2;2*3-4H,1-2H2;1H,(H2,2,3). The van der Waals surface area contributed by atoms with E-state index >= 15 is 0 Å². The van der Waals surface area contributed by atoms with E-state index in [0.717, 1.165) is 11.5 Å². The number of hydrogen-bond donors (Lipinski definition) is 5. The highest BCUT2D eigenvalue weighted by Gasteiger charge is 1.85. The van der Waals surface area contributed by atoms with Crippen molar-refractivity contribution >= 4 is 28.9 Å². The lowest BCUT2D eigenvalue weighted by Gasteiger charge is -1.92. The van der Waals surface area contributed by atoms with Gasteiger partial charge < -0.3 is 26.2 Å². The van der Waals surface area contributed by atoms with Crippen LogP contribution in [0.25, 0.3) is 10.8 Å². The molecule has 0 aromatic heterocycles. The summed E-state index contributed by atoms with van der Waals surface area (Å²) in [6.45, 7) is 6.90. The average molecular weight is 412 g/mol. The Kier molecular flexibility index (Phi) is 32.3. The maximum atomic E-state index is 8.58. The van der Waals surface area contributed by atoms with Crippen molar-refractivity contribution in [2.75, 3.05) is 37.9 Å². The van der Waals surface area contributed by atoms with Gasteiger partial charge in [0.2, 0.25) is 6.41 Å². The fourth-order valence-electron chi connectivity index (χ4n) is 1.36. The minimum absolute atomic E-state index is 0.125. The summed E-state index contributed by atoms with van der Waals surface area (Å²) in [7, 11) is 0. The molecule has 0 fully saturated rings. The number of benzene rings is 2. The Morgan fingerprint density at radius 1 is 0.750 bits per heavy atom. The lowest BCUT2D eigenvalue weighted by atomic mass is 10.1. The molecule has 2 aromatic rings. The third-order valence-corrected chi connectivity index (χ3v) is 3.34. The number of amides is 1. The molecule has 6 N–H and O–H groups in total. The van der Waals surface area contributed by atoms with Gasteiger partial charge in [0.1, 0.15) is 0 Å². The molecule has 6 nitrogen and oxygen atoms in total. The van der Waals surface area contributed by atoms with Crippen molar-refractivity contribution < 1.29 is 25.2 Å². The van der Waals surface area contributed by atoms with Crippen LogP contribution >= 0.6 is 11.8 Å². The SMILES string of the molecule is C=CC=C.NC=O.OCCO.OCCSCCO.c1ccc2ccccc2c1. The maximum absolute atomic E-state index is 8.58. The number of carbonyl (C=O) groups is 1. The Morgan fingerprint density at radius 3 is 1.21 bits per heavy atom. The summed E-state index contributed by atoms with van der Waals surface area (Å²) in [5.74, 6) is 1.47. The van der Waals surface area contributed by atoms with E-state index < -0.39 is 0 Å². The normalized spacial score (nSPS) is 8.14. The summed E-state index contributed by atoms with van der Waals surface area (Å²) in [5, 5.41) is 34.3. The van der Waals surface area contributed by atoms with Crippen LogP contribution in [0.15, 0.2) is 73.8 Å². The predicted molar refractivity (Wildman–Crippen MR) is 120 cm³/mol. The fraction of sp³-hybridized carbons (Fsp3) is 0.286. The lowest BCUT2D eigenvalue weighted by Crippen LogP contribution is -1.91. The molecule has 0 aliphatic rings. The second-order valence-corrected chi connectivity index (χ2v) is 5.69. The molecular weight excluding hydrogens is 378 g/mol. The van der Waals surface area contributed by atoms with Gasteiger partial charge >= 0.3 is 0 Å². The van der Waals surface area contributed by atoms with Gasteiger partial charge in [-0.2, -0.15) is 11.8 Å². The number of primary amides is 1. The maximum Gasteiger partial charge on any atom is 0.204 e. The zero-order valence-corrected chi connectivity index (χ0v) is 17.0. The molecule has 0 aliphatic heterocycles. The van der Waals surface area contributed by atoms with Gasteiger partial charge in [-0.25, -0.2) is 0 Å². The molecule has 158 valence electrons. The molecule has 0 atom stereocenters. The average Bonchev–Trinajstić information content (AvgIpc) is 2.75. The summed E-state index contributed by atoms with van der Waals surface area (Å²) in [5.41, 5.74) is 4.17. The lowest BCUT2D eigenvalue weighted by molar-refractivity contribution is -0.106. The number of rotatable bonds is 6. The van der Waals surface area contributed by atoms with Crippen LogP contribution in [-0.2, 0) is 4.79 Å². The van der Waals surface area contributed by atoms with Crippen LogP contribution in [0.5, 0.6) is 0 Å². The Hall–Kier alpha value is -2.16. The highest BCUT2D eigenvalue weighted by molar-refractivity contribution is 7.99. The number of nitrogens with two attached hydrogens (primary N) is 1. The molecule has 0 heterocycles. The number of allylic oxidation sites excluding steroid dienone is 2. The minimum atomic E-state index is -0.125. The quantitative estimate of drug-likeness (QED) is 0.281. The van der Waals surface area contributed by atoms with Crippen LogP contribution < -0.4 is 5.73 Å². The number of thioether (sulfide) groups is 1. The van der Waals surface area contributed by atoms with Crippen LogP contribution in [0, 0.1) is 0 Å². The van der Waals surface area contributed by atoms with Crippen molar-refractivity contribution in [3.05, 3.63) is 73.8 Å². The summed E-state index contributed by atoms with van der Waals surface area (Å²) >= 11 is 1.55. The molecule has 0 radical (unpaired) electrons. The van der Waals surface area contributed by atoms with E-state index in [0.29, 0.717) is 0 Å². The van der Waals surface area contributed by atoms with Crippen molar-refractivity contribution in [3.8, 4) is 0 Å². The molecule has 0 aliphatic carbocycles. The molecule has 2 aromatic carbocycles. The van der Waals surface area contributed by atoms with Gasteiger partial charge in [0.25, 0.3) is 0 Å².